The van der Waals surface area contributed by atoms with Crippen LogP contribution in [0.1, 0.15) is 18.6 Å². The first-order chi connectivity index (χ1) is 10.0. The van der Waals surface area contributed by atoms with E-state index < -0.39 is 23.6 Å². The number of hydrogen-bond donors (Lipinski definition) is 1. The fraction of sp³-hybridized carbons (Fsp3) is 0.333. The Kier molecular flexibility index (Phi) is 4.53. The average Bonchev–Trinajstić information content (AvgIpc) is 2.85. The summed E-state index contributed by atoms with van der Waals surface area (Å²) in [5.41, 5.74) is 0.0584. The second-order valence-corrected chi connectivity index (χ2v) is 4.13. The number of anilines is 1. The summed E-state index contributed by atoms with van der Waals surface area (Å²) < 4.78 is 32.8. The van der Waals surface area contributed by atoms with Crippen LogP contribution in [-0.2, 0) is 16.1 Å². The lowest BCUT2D eigenvalue weighted by Crippen LogP contribution is -2.24. The summed E-state index contributed by atoms with van der Waals surface area (Å²) in [6.07, 6.45) is -1.18. The Morgan fingerprint density at radius 2 is 2.05 bits per heavy atom. The maximum absolute atomic E-state index is 13.2. The van der Waals surface area contributed by atoms with Crippen LogP contribution in [0.3, 0.4) is 0 Å². The highest BCUT2D eigenvalue weighted by Crippen LogP contribution is 2.20. The lowest BCUT2D eigenvalue weighted by atomic mass is 10.1. The normalized spacial score (nSPS) is 12.2. The van der Waals surface area contributed by atoms with E-state index in [0.29, 0.717) is 12.6 Å². The molecule has 21 heavy (non-hydrogen) atoms. The van der Waals surface area contributed by atoms with Gasteiger partial charge in [0.25, 0.3) is 5.91 Å². The summed E-state index contributed by atoms with van der Waals surface area (Å²) in [5.74, 6) is -2.09. The summed E-state index contributed by atoms with van der Waals surface area (Å²) in [6, 6.07) is 2.77. The minimum Gasteiger partial charge on any atom is -0.367 e. The molecule has 0 aliphatic heterocycles. The lowest BCUT2D eigenvalue weighted by Gasteiger charge is -2.15. The fourth-order valence-electron chi connectivity index (χ4n) is 1.80. The van der Waals surface area contributed by atoms with E-state index in [9.17, 15) is 13.6 Å². The average molecular weight is 297 g/mol. The highest BCUT2D eigenvalue weighted by atomic mass is 19.1. The quantitative estimate of drug-likeness (QED) is 0.899. The highest BCUT2D eigenvalue weighted by molar-refractivity contribution is 5.93. The van der Waals surface area contributed by atoms with Gasteiger partial charge in [0.15, 0.2) is 6.10 Å². The predicted octanol–water partition coefficient (Wildman–Crippen LogP) is 1.30. The molecule has 0 fully saturated rings. The second-order valence-electron chi connectivity index (χ2n) is 4.13. The van der Waals surface area contributed by atoms with E-state index in [1.165, 1.54) is 11.8 Å². The molecule has 7 nitrogen and oxygen atoms in total. The number of benzene rings is 1. The van der Waals surface area contributed by atoms with Crippen LogP contribution in [0.5, 0.6) is 0 Å². The fourth-order valence-corrected chi connectivity index (χ4v) is 1.80. The number of nitrogens with one attached hydrogen (secondary N) is 1. The van der Waals surface area contributed by atoms with Crippen molar-refractivity contribution in [3.63, 3.8) is 0 Å². The van der Waals surface area contributed by atoms with Crippen molar-refractivity contribution < 1.29 is 18.3 Å². The Labute approximate surface area is 118 Å². The van der Waals surface area contributed by atoms with E-state index in [-0.39, 0.29) is 11.5 Å². The van der Waals surface area contributed by atoms with Gasteiger partial charge in [0.1, 0.15) is 11.6 Å². The first-order valence-electron chi connectivity index (χ1n) is 6.11. The van der Waals surface area contributed by atoms with Crippen molar-refractivity contribution >= 4 is 11.9 Å². The van der Waals surface area contributed by atoms with Crippen LogP contribution in [0.2, 0.25) is 0 Å². The minimum absolute atomic E-state index is 0.0584. The SMILES string of the molecule is CCn1nnnc1NC(=O)C(OC)c1cc(F)cc(F)c1. The number of aromatic nitrogens is 4. The molecule has 0 bridgehead atoms. The van der Waals surface area contributed by atoms with Crippen molar-refractivity contribution in [2.24, 2.45) is 0 Å². The van der Waals surface area contributed by atoms with Gasteiger partial charge < -0.3 is 4.74 Å². The van der Waals surface area contributed by atoms with Gasteiger partial charge in [-0.1, -0.05) is 5.10 Å². The van der Waals surface area contributed by atoms with Crippen molar-refractivity contribution in [1.82, 2.24) is 20.2 Å². The van der Waals surface area contributed by atoms with Crippen LogP contribution in [-0.4, -0.2) is 33.2 Å². The number of carbonyl (C=O) groups excluding carboxylic acids is 1. The van der Waals surface area contributed by atoms with Gasteiger partial charge >= 0.3 is 0 Å². The van der Waals surface area contributed by atoms with E-state index in [1.54, 1.807) is 6.92 Å². The smallest absolute Gasteiger partial charge is 0.260 e. The van der Waals surface area contributed by atoms with Crippen LogP contribution in [0.4, 0.5) is 14.7 Å². The van der Waals surface area contributed by atoms with Crippen LogP contribution < -0.4 is 5.32 Å². The van der Waals surface area contributed by atoms with Crippen molar-refractivity contribution in [1.29, 1.82) is 0 Å². The molecular weight excluding hydrogens is 284 g/mol. The van der Waals surface area contributed by atoms with E-state index in [4.69, 9.17) is 4.74 Å². The third-order valence-corrected chi connectivity index (χ3v) is 2.73. The third-order valence-electron chi connectivity index (χ3n) is 2.73. The molecule has 2 rings (SSSR count). The largest absolute Gasteiger partial charge is 0.367 e. The number of rotatable bonds is 5. The van der Waals surface area contributed by atoms with E-state index in [0.717, 1.165) is 12.1 Å². The summed E-state index contributed by atoms with van der Waals surface area (Å²) in [4.78, 5) is 12.1. The van der Waals surface area contributed by atoms with Crippen LogP contribution in [0.25, 0.3) is 0 Å². The van der Waals surface area contributed by atoms with Gasteiger partial charge in [-0.3, -0.25) is 10.1 Å². The van der Waals surface area contributed by atoms with Gasteiger partial charge in [0.05, 0.1) is 0 Å². The first kappa shape index (κ1) is 15.0. The number of ether oxygens (including phenoxy) is 1. The zero-order valence-electron chi connectivity index (χ0n) is 11.4. The van der Waals surface area contributed by atoms with Crippen molar-refractivity contribution in [2.45, 2.75) is 19.6 Å². The molecule has 9 heteroatoms. The number of halogens is 2. The van der Waals surface area contributed by atoms with Crippen molar-refractivity contribution in [3.8, 4) is 0 Å². The van der Waals surface area contributed by atoms with Crippen molar-refractivity contribution in [2.75, 3.05) is 12.4 Å². The number of nitrogens with zero attached hydrogens (tertiary/aromatic N) is 4. The number of aryl methyl sites for hydroxylation is 1. The molecule has 0 saturated carbocycles. The molecule has 1 unspecified atom stereocenters. The van der Waals surface area contributed by atoms with Crippen LogP contribution in [0.15, 0.2) is 18.2 Å². The number of hydrogen-bond acceptors (Lipinski definition) is 5. The molecule has 1 aromatic carbocycles. The molecule has 0 spiro atoms. The Bertz CT molecular complexity index is 626. The maximum Gasteiger partial charge on any atom is 0.260 e. The van der Waals surface area contributed by atoms with E-state index in [1.807, 2.05) is 0 Å². The van der Waals surface area contributed by atoms with Gasteiger partial charge in [-0.15, -0.1) is 0 Å². The molecule has 0 radical (unpaired) electrons. The summed E-state index contributed by atoms with van der Waals surface area (Å²) in [6.45, 7) is 2.25. The second kappa shape index (κ2) is 6.35. The molecule has 1 amide bonds. The summed E-state index contributed by atoms with van der Waals surface area (Å²) in [7, 11) is 1.26. The van der Waals surface area contributed by atoms with Gasteiger partial charge in [-0.2, -0.15) is 0 Å². The molecule has 1 aromatic heterocycles. The van der Waals surface area contributed by atoms with E-state index in [2.05, 4.69) is 20.8 Å². The first-order valence-corrected chi connectivity index (χ1v) is 6.11. The van der Waals surface area contributed by atoms with Gasteiger partial charge in [-0.05, 0) is 35.0 Å². The topological polar surface area (TPSA) is 81.9 Å². The number of amides is 1. The molecule has 1 N–H and O–H groups in total. The minimum atomic E-state index is -1.18. The number of carbonyl (C=O) groups is 1. The van der Waals surface area contributed by atoms with Crippen molar-refractivity contribution in [3.05, 3.63) is 35.4 Å². The van der Waals surface area contributed by atoms with Gasteiger partial charge in [0, 0.05) is 19.7 Å². The lowest BCUT2D eigenvalue weighted by molar-refractivity contribution is -0.126. The Morgan fingerprint density at radius 3 is 2.62 bits per heavy atom. The Balaban J connectivity index is 2.22. The Hall–Kier alpha value is -2.42. The summed E-state index contributed by atoms with van der Waals surface area (Å²) >= 11 is 0. The summed E-state index contributed by atoms with van der Waals surface area (Å²) in [5, 5.41) is 13.2. The molecule has 2 aromatic rings. The van der Waals surface area contributed by atoms with Crippen LogP contribution in [0, 0.1) is 11.6 Å². The number of tetrazole rings is 1. The van der Waals surface area contributed by atoms with E-state index >= 15 is 0 Å². The highest BCUT2D eigenvalue weighted by Gasteiger charge is 2.23. The molecule has 1 atom stereocenters. The monoisotopic (exact) mass is 297 g/mol. The molecule has 0 aliphatic rings. The predicted molar refractivity (Wildman–Crippen MR) is 68.2 cm³/mol. The molecule has 0 saturated heterocycles. The Morgan fingerprint density at radius 1 is 1.38 bits per heavy atom. The zero-order chi connectivity index (χ0) is 15.4. The molecular formula is C12H13F2N5O2. The molecule has 1 heterocycles. The standard InChI is InChI=1S/C12H13F2N5O2/c1-3-19-12(16-17-18-19)15-11(20)10(21-2)7-4-8(13)6-9(14)5-7/h4-6,10H,3H2,1-2H3,(H,15,16,18,20). The molecule has 0 aliphatic carbocycles. The maximum atomic E-state index is 13.2. The van der Waals surface area contributed by atoms with Gasteiger partial charge in [-0.25, -0.2) is 13.5 Å². The zero-order valence-corrected chi connectivity index (χ0v) is 11.4. The van der Waals surface area contributed by atoms with Gasteiger partial charge in [0.2, 0.25) is 5.95 Å². The van der Waals surface area contributed by atoms with Crippen LogP contribution >= 0.6 is 0 Å². The number of methoxy groups -OCH3 is 1. The molecule has 112 valence electrons. The third kappa shape index (κ3) is 3.37.